The summed E-state index contributed by atoms with van der Waals surface area (Å²) in [5.74, 6) is 0. The van der Waals surface area contributed by atoms with Crippen molar-refractivity contribution in [3.05, 3.63) is 42.0 Å². The van der Waals surface area contributed by atoms with E-state index >= 15 is 0 Å². The molecule has 0 aliphatic rings. The molecule has 11 heavy (non-hydrogen) atoms. The molecule has 0 nitrogen and oxygen atoms in total. The Labute approximate surface area is 92.1 Å². The first-order chi connectivity index (χ1) is 4.88. The standard InChI is InChI=1S/C10H12.Na.H/c1-3-9-7-5-6-8-10(9)4-2;;/h3,5-8H,1,4H2,2H3;;/q;+1;-1. The molecule has 54 valence electrons. The Morgan fingerprint density at radius 1 is 1.45 bits per heavy atom. The minimum Gasteiger partial charge on any atom is -1.00 e. The number of aryl methyl sites for hydroxylation is 1. The summed E-state index contributed by atoms with van der Waals surface area (Å²) >= 11 is 0. The maximum absolute atomic E-state index is 3.74. The quantitative estimate of drug-likeness (QED) is 0.529. The summed E-state index contributed by atoms with van der Waals surface area (Å²) in [6, 6.07) is 8.32. The molecule has 1 aromatic carbocycles. The first-order valence-corrected chi connectivity index (χ1v) is 3.58. The van der Waals surface area contributed by atoms with Gasteiger partial charge < -0.3 is 1.43 Å². The van der Waals surface area contributed by atoms with Crippen LogP contribution in [0.3, 0.4) is 0 Å². The van der Waals surface area contributed by atoms with Crippen LogP contribution in [-0.4, -0.2) is 0 Å². The normalized spacial score (nSPS) is 8.45. The molecule has 0 N–H and O–H groups in total. The average molecular weight is 156 g/mol. The zero-order valence-corrected chi connectivity index (χ0v) is 9.30. The third-order valence-corrected chi connectivity index (χ3v) is 1.66. The summed E-state index contributed by atoms with van der Waals surface area (Å²) in [7, 11) is 0. The smallest absolute Gasteiger partial charge is 1.00 e. The molecule has 0 amide bonds. The third-order valence-electron chi connectivity index (χ3n) is 1.66. The fourth-order valence-electron chi connectivity index (χ4n) is 1.06. The molecule has 0 saturated carbocycles. The van der Waals surface area contributed by atoms with Crippen LogP contribution in [0.1, 0.15) is 19.5 Å². The largest absolute Gasteiger partial charge is 1.00 e. The molecule has 0 unspecified atom stereocenters. The minimum atomic E-state index is 0. The Balaban J connectivity index is 0. The summed E-state index contributed by atoms with van der Waals surface area (Å²) in [6.07, 6.45) is 2.99. The van der Waals surface area contributed by atoms with E-state index in [9.17, 15) is 0 Å². The van der Waals surface area contributed by atoms with Crippen LogP contribution >= 0.6 is 0 Å². The molecule has 0 aliphatic heterocycles. The predicted molar refractivity (Wildman–Crippen MR) is 47.0 cm³/mol. The van der Waals surface area contributed by atoms with Gasteiger partial charge in [0.1, 0.15) is 0 Å². The molecule has 0 aliphatic carbocycles. The first-order valence-electron chi connectivity index (χ1n) is 3.58. The summed E-state index contributed by atoms with van der Waals surface area (Å²) < 4.78 is 0. The molecule has 1 rings (SSSR count). The first kappa shape index (κ1) is 11.0. The number of benzene rings is 1. The number of hydrogen-bond acceptors (Lipinski definition) is 0. The second-order valence-electron chi connectivity index (χ2n) is 2.26. The maximum atomic E-state index is 3.74. The van der Waals surface area contributed by atoms with E-state index in [0.29, 0.717) is 0 Å². The predicted octanol–water partition coefficient (Wildman–Crippen LogP) is 0.00850. The SMILES string of the molecule is C=Cc1ccccc1CC.[H-].[Na+]. The van der Waals surface area contributed by atoms with Gasteiger partial charge in [0, 0.05) is 0 Å². The van der Waals surface area contributed by atoms with Crippen LogP contribution < -0.4 is 29.6 Å². The van der Waals surface area contributed by atoms with Crippen molar-refractivity contribution in [1.29, 1.82) is 0 Å². The van der Waals surface area contributed by atoms with E-state index in [4.69, 9.17) is 0 Å². The van der Waals surface area contributed by atoms with Gasteiger partial charge in [0.2, 0.25) is 0 Å². The monoisotopic (exact) mass is 156 g/mol. The zero-order valence-electron chi connectivity index (χ0n) is 8.30. The van der Waals surface area contributed by atoms with Crippen LogP contribution in [-0.2, 0) is 6.42 Å². The number of rotatable bonds is 2. The van der Waals surface area contributed by atoms with E-state index in [1.807, 2.05) is 12.1 Å². The molecule has 1 aromatic rings. The maximum Gasteiger partial charge on any atom is 1.00 e. The molecular formula is C10H13Na. The summed E-state index contributed by atoms with van der Waals surface area (Å²) in [5.41, 5.74) is 2.63. The zero-order chi connectivity index (χ0) is 7.40. The summed E-state index contributed by atoms with van der Waals surface area (Å²) in [4.78, 5) is 0. The van der Waals surface area contributed by atoms with Crippen molar-refractivity contribution in [3.63, 3.8) is 0 Å². The molecule has 0 atom stereocenters. The van der Waals surface area contributed by atoms with Crippen molar-refractivity contribution in [1.82, 2.24) is 0 Å². The van der Waals surface area contributed by atoms with Gasteiger partial charge in [-0.25, -0.2) is 0 Å². The fraction of sp³-hybridized carbons (Fsp3) is 0.200. The minimum absolute atomic E-state index is 0. The summed E-state index contributed by atoms with van der Waals surface area (Å²) in [5, 5.41) is 0. The van der Waals surface area contributed by atoms with Gasteiger partial charge in [-0.1, -0.05) is 43.8 Å². The second kappa shape index (κ2) is 5.59. The van der Waals surface area contributed by atoms with Crippen LogP contribution in [0.2, 0.25) is 0 Å². The average Bonchev–Trinajstić information content (AvgIpc) is 2.04. The van der Waals surface area contributed by atoms with E-state index in [0.717, 1.165) is 6.42 Å². The Morgan fingerprint density at radius 3 is 2.55 bits per heavy atom. The Kier molecular flexibility index (Phi) is 5.57. The fourth-order valence-corrected chi connectivity index (χ4v) is 1.06. The van der Waals surface area contributed by atoms with Crippen molar-refractivity contribution in [2.24, 2.45) is 0 Å². The van der Waals surface area contributed by atoms with E-state index in [-0.39, 0.29) is 31.0 Å². The molecule has 0 fully saturated rings. The molecule has 0 saturated heterocycles. The molecule has 0 heterocycles. The van der Waals surface area contributed by atoms with Crippen molar-refractivity contribution in [2.75, 3.05) is 0 Å². The Hall–Kier alpha value is -0.0400. The van der Waals surface area contributed by atoms with E-state index in [2.05, 4.69) is 31.7 Å². The molecule has 0 bridgehead atoms. The van der Waals surface area contributed by atoms with Crippen molar-refractivity contribution in [2.45, 2.75) is 13.3 Å². The van der Waals surface area contributed by atoms with E-state index in [1.165, 1.54) is 11.1 Å². The van der Waals surface area contributed by atoms with Gasteiger partial charge in [-0.2, -0.15) is 0 Å². The van der Waals surface area contributed by atoms with E-state index < -0.39 is 0 Å². The summed E-state index contributed by atoms with van der Waals surface area (Å²) in [6.45, 7) is 5.89. The molecule has 0 spiro atoms. The van der Waals surface area contributed by atoms with Gasteiger partial charge in [-0.05, 0) is 17.5 Å². The third kappa shape index (κ3) is 2.82. The van der Waals surface area contributed by atoms with Crippen LogP contribution in [0.25, 0.3) is 6.08 Å². The van der Waals surface area contributed by atoms with Gasteiger partial charge in [0.15, 0.2) is 0 Å². The Morgan fingerprint density at radius 2 is 2.09 bits per heavy atom. The van der Waals surface area contributed by atoms with Gasteiger partial charge in [-0.3, -0.25) is 0 Å². The van der Waals surface area contributed by atoms with Crippen LogP contribution in [0.15, 0.2) is 30.8 Å². The number of hydrogen-bond donors (Lipinski definition) is 0. The van der Waals surface area contributed by atoms with Crippen molar-refractivity contribution >= 4 is 6.08 Å². The van der Waals surface area contributed by atoms with Crippen LogP contribution in [0.5, 0.6) is 0 Å². The topological polar surface area (TPSA) is 0 Å². The van der Waals surface area contributed by atoms with E-state index in [1.54, 1.807) is 0 Å². The molecule has 1 heteroatoms. The van der Waals surface area contributed by atoms with Gasteiger partial charge >= 0.3 is 29.6 Å². The second-order valence-corrected chi connectivity index (χ2v) is 2.26. The van der Waals surface area contributed by atoms with Crippen LogP contribution in [0.4, 0.5) is 0 Å². The van der Waals surface area contributed by atoms with Gasteiger partial charge in [0.25, 0.3) is 0 Å². The van der Waals surface area contributed by atoms with Crippen molar-refractivity contribution < 1.29 is 31.0 Å². The van der Waals surface area contributed by atoms with Gasteiger partial charge in [-0.15, -0.1) is 0 Å². The molecular weight excluding hydrogens is 143 g/mol. The van der Waals surface area contributed by atoms with Crippen LogP contribution in [0, 0.1) is 0 Å². The van der Waals surface area contributed by atoms with Gasteiger partial charge in [0.05, 0.1) is 0 Å². The molecule has 0 radical (unpaired) electrons. The molecule has 0 aromatic heterocycles. The Bertz CT molecular complexity index is 233. The van der Waals surface area contributed by atoms with Crippen molar-refractivity contribution in [3.8, 4) is 0 Å².